The average Bonchev–Trinajstić information content (AvgIpc) is 2.27. The van der Waals surface area contributed by atoms with Crippen molar-refractivity contribution in [2.75, 3.05) is 0 Å². The summed E-state index contributed by atoms with van der Waals surface area (Å²) in [6, 6.07) is 2.60. The van der Waals surface area contributed by atoms with Gasteiger partial charge in [-0.25, -0.2) is 0 Å². The van der Waals surface area contributed by atoms with Gasteiger partial charge in [0, 0.05) is 12.1 Å². The molecule has 0 atom stereocenters. The Labute approximate surface area is 105 Å². The molecule has 1 spiro atoms. The zero-order chi connectivity index (χ0) is 12.8. The number of carbonyl (C=O) groups excluding carboxylic acids is 1. The third-order valence-corrected chi connectivity index (χ3v) is 3.92. The van der Waals surface area contributed by atoms with Gasteiger partial charge in [-0.1, -0.05) is 6.42 Å². The van der Waals surface area contributed by atoms with Gasteiger partial charge in [0.1, 0.15) is 28.4 Å². The lowest BCUT2D eigenvalue weighted by Gasteiger charge is -2.40. The Balaban J connectivity index is 2.03. The Bertz CT molecular complexity index is 501. The molecule has 0 unspecified atom stereocenters. The minimum Gasteiger partial charge on any atom is -0.508 e. The summed E-state index contributed by atoms with van der Waals surface area (Å²) in [6.07, 6.45) is 5.37. The van der Waals surface area contributed by atoms with Gasteiger partial charge in [-0.15, -0.1) is 0 Å². The molecule has 3 rings (SSSR count). The molecular weight excluding hydrogens is 232 g/mol. The number of fused-ring (bicyclic) bond motifs is 1. The van der Waals surface area contributed by atoms with E-state index in [0.29, 0.717) is 12.2 Å². The molecule has 1 saturated carbocycles. The van der Waals surface area contributed by atoms with Crippen molar-refractivity contribution in [2.45, 2.75) is 44.1 Å². The predicted molar refractivity (Wildman–Crippen MR) is 65.2 cm³/mol. The van der Waals surface area contributed by atoms with Crippen molar-refractivity contribution in [3.63, 3.8) is 0 Å². The molecule has 4 nitrogen and oxygen atoms in total. The Morgan fingerprint density at radius 1 is 1.11 bits per heavy atom. The maximum Gasteiger partial charge on any atom is 0.174 e. The molecule has 4 heteroatoms. The second kappa shape index (κ2) is 3.90. The number of carbonyl (C=O) groups is 1. The van der Waals surface area contributed by atoms with Crippen molar-refractivity contribution in [3.05, 3.63) is 17.7 Å². The molecule has 1 aromatic carbocycles. The average molecular weight is 248 g/mol. The van der Waals surface area contributed by atoms with Gasteiger partial charge < -0.3 is 14.9 Å². The highest BCUT2D eigenvalue weighted by Crippen LogP contribution is 2.45. The molecule has 1 aromatic rings. The lowest BCUT2D eigenvalue weighted by atomic mass is 9.78. The zero-order valence-electron chi connectivity index (χ0n) is 10.1. The summed E-state index contributed by atoms with van der Waals surface area (Å²) in [5, 5.41) is 19.2. The normalized spacial score (nSPS) is 21.4. The van der Waals surface area contributed by atoms with Crippen molar-refractivity contribution in [1.82, 2.24) is 0 Å². The van der Waals surface area contributed by atoms with Crippen LogP contribution < -0.4 is 4.74 Å². The molecule has 2 aliphatic rings. The maximum atomic E-state index is 12.2. The van der Waals surface area contributed by atoms with Crippen LogP contribution in [0.15, 0.2) is 12.1 Å². The third kappa shape index (κ3) is 1.72. The van der Waals surface area contributed by atoms with E-state index in [1.807, 2.05) is 0 Å². The number of ketones is 1. The molecule has 0 saturated heterocycles. The van der Waals surface area contributed by atoms with Crippen molar-refractivity contribution in [1.29, 1.82) is 0 Å². The van der Waals surface area contributed by atoms with Gasteiger partial charge in [0.05, 0.1) is 6.42 Å². The van der Waals surface area contributed by atoms with Crippen LogP contribution in [0.2, 0.25) is 0 Å². The van der Waals surface area contributed by atoms with Crippen LogP contribution in [0.5, 0.6) is 17.2 Å². The maximum absolute atomic E-state index is 12.2. The van der Waals surface area contributed by atoms with E-state index in [1.165, 1.54) is 18.6 Å². The SMILES string of the molecule is O=C1CC2(CCCCC2)Oc2cc(O)cc(O)c21. The number of hydrogen-bond acceptors (Lipinski definition) is 4. The fourth-order valence-corrected chi connectivity index (χ4v) is 3.07. The van der Waals surface area contributed by atoms with Gasteiger partial charge in [0.15, 0.2) is 5.78 Å². The number of Topliss-reactive ketones (excluding diaryl/α,β-unsaturated/α-hetero) is 1. The summed E-state index contributed by atoms with van der Waals surface area (Å²) < 4.78 is 5.95. The third-order valence-electron chi connectivity index (χ3n) is 3.92. The molecule has 1 heterocycles. The minimum absolute atomic E-state index is 0.0769. The van der Waals surface area contributed by atoms with E-state index in [0.717, 1.165) is 25.7 Å². The van der Waals surface area contributed by atoms with E-state index in [9.17, 15) is 15.0 Å². The fraction of sp³-hybridized carbons (Fsp3) is 0.500. The topological polar surface area (TPSA) is 66.8 Å². The number of aromatic hydroxyl groups is 2. The highest BCUT2D eigenvalue weighted by atomic mass is 16.5. The van der Waals surface area contributed by atoms with E-state index < -0.39 is 5.60 Å². The van der Waals surface area contributed by atoms with Crippen LogP contribution in [-0.2, 0) is 0 Å². The summed E-state index contributed by atoms with van der Waals surface area (Å²) in [5.74, 6) is -0.0335. The van der Waals surface area contributed by atoms with Crippen molar-refractivity contribution >= 4 is 5.78 Å². The number of ether oxygens (including phenoxy) is 1. The Morgan fingerprint density at radius 3 is 2.56 bits per heavy atom. The summed E-state index contributed by atoms with van der Waals surface area (Å²) in [5.41, 5.74) is -0.202. The first-order chi connectivity index (χ1) is 8.60. The van der Waals surface area contributed by atoms with Gasteiger partial charge in [-0.05, 0) is 25.7 Å². The molecule has 0 radical (unpaired) electrons. The second-order valence-corrected chi connectivity index (χ2v) is 5.28. The Kier molecular flexibility index (Phi) is 2.47. The first-order valence-corrected chi connectivity index (χ1v) is 6.38. The van der Waals surface area contributed by atoms with Crippen LogP contribution in [0.3, 0.4) is 0 Å². The number of hydrogen-bond donors (Lipinski definition) is 2. The number of benzene rings is 1. The van der Waals surface area contributed by atoms with Crippen molar-refractivity contribution < 1.29 is 19.7 Å². The molecular formula is C14H16O4. The standard InChI is InChI=1S/C14H16O4/c15-9-6-10(16)13-11(17)8-14(18-12(13)7-9)4-2-1-3-5-14/h6-7,15-16H,1-5,8H2. The van der Waals surface area contributed by atoms with E-state index in [4.69, 9.17) is 4.74 Å². The van der Waals surface area contributed by atoms with Crippen LogP contribution >= 0.6 is 0 Å². The molecule has 96 valence electrons. The minimum atomic E-state index is -0.414. The van der Waals surface area contributed by atoms with E-state index in [2.05, 4.69) is 0 Å². The van der Waals surface area contributed by atoms with Gasteiger partial charge in [-0.2, -0.15) is 0 Å². The molecule has 18 heavy (non-hydrogen) atoms. The summed E-state index contributed by atoms with van der Waals surface area (Å²) >= 11 is 0. The lowest BCUT2D eigenvalue weighted by Crippen LogP contribution is -2.43. The fourth-order valence-electron chi connectivity index (χ4n) is 3.07. The summed E-state index contributed by atoms with van der Waals surface area (Å²) in [7, 11) is 0. The smallest absolute Gasteiger partial charge is 0.174 e. The number of phenols is 2. The molecule has 0 aromatic heterocycles. The predicted octanol–water partition coefficient (Wildman–Crippen LogP) is 2.77. The van der Waals surface area contributed by atoms with E-state index in [1.54, 1.807) is 0 Å². The molecule has 0 amide bonds. The summed E-state index contributed by atoms with van der Waals surface area (Å²) in [6.45, 7) is 0. The lowest BCUT2D eigenvalue weighted by molar-refractivity contribution is 0.0131. The molecule has 1 aliphatic heterocycles. The van der Waals surface area contributed by atoms with Crippen molar-refractivity contribution in [2.24, 2.45) is 0 Å². The number of rotatable bonds is 0. The largest absolute Gasteiger partial charge is 0.508 e. The van der Waals surface area contributed by atoms with Crippen molar-refractivity contribution in [3.8, 4) is 17.2 Å². The zero-order valence-corrected chi connectivity index (χ0v) is 10.1. The molecule has 1 fully saturated rings. The van der Waals surface area contributed by atoms with Gasteiger partial charge >= 0.3 is 0 Å². The Hall–Kier alpha value is -1.71. The number of phenolic OH excluding ortho intramolecular Hbond substituents is 2. The van der Waals surface area contributed by atoms with Gasteiger partial charge in [0.25, 0.3) is 0 Å². The van der Waals surface area contributed by atoms with Crippen LogP contribution in [0.1, 0.15) is 48.9 Å². The highest BCUT2D eigenvalue weighted by molar-refractivity contribution is 6.03. The second-order valence-electron chi connectivity index (χ2n) is 5.28. The van der Waals surface area contributed by atoms with Crippen LogP contribution in [0, 0.1) is 0 Å². The van der Waals surface area contributed by atoms with Crippen LogP contribution in [-0.4, -0.2) is 21.6 Å². The monoisotopic (exact) mass is 248 g/mol. The quantitative estimate of drug-likeness (QED) is 0.740. The first kappa shape index (κ1) is 11.4. The Morgan fingerprint density at radius 2 is 1.83 bits per heavy atom. The first-order valence-electron chi connectivity index (χ1n) is 6.38. The van der Waals surface area contributed by atoms with E-state index in [-0.39, 0.29) is 22.8 Å². The molecule has 2 N–H and O–H groups in total. The molecule has 0 bridgehead atoms. The van der Waals surface area contributed by atoms with Gasteiger partial charge in [-0.3, -0.25) is 4.79 Å². The van der Waals surface area contributed by atoms with Gasteiger partial charge in [0.2, 0.25) is 0 Å². The van der Waals surface area contributed by atoms with Crippen LogP contribution in [0.4, 0.5) is 0 Å². The summed E-state index contributed by atoms with van der Waals surface area (Å²) in [4.78, 5) is 12.2. The highest BCUT2D eigenvalue weighted by Gasteiger charge is 2.42. The molecule has 1 aliphatic carbocycles. The van der Waals surface area contributed by atoms with E-state index >= 15 is 0 Å². The van der Waals surface area contributed by atoms with Crippen LogP contribution in [0.25, 0.3) is 0 Å².